The molecule has 0 spiro atoms. The number of rotatable bonds is 7. The highest BCUT2D eigenvalue weighted by Gasteiger charge is 2.22. The summed E-state index contributed by atoms with van der Waals surface area (Å²) in [6.45, 7) is 9.57. The molecule has 2 N–H and O–H groups in total. The highest BCUT2D eigenvalue weighted by molar-refractivity contribution is 5.79. The van der Waals surface area contributed by atoms with Gasteiger partial charge in [0, 0.05) is 19.1 Å². The van der Waals surface area contributed by atoms with Crippen molar-refractivity contribution in [3.05, 3.63) is 23.8 Å². The number of likely N-dealkylation sites (N-methyl/N-ethyl adjacent to an activating group) is 1. The number of hydrogen-bond donors (Lipinski definition) is 2. The number of likely N-dealkylation sites (tertiary alicyclic amines) is 1. The quantitative estimate of drug-likeness (QED) is 0.584. The molecule has 0 bridgehead atoms. The molecule has 25 heavy (non-hydrogen) atoms. The summed E-state index contributed by atoms with van der Waals surface area (Å²) < 4.78 is 10.8. The topological polar surface area (TPSA) is 58.1 Å². The maximum atomic E-state index is 5.44. The minimum Gasteiger partial charge on any atom is -0.454 e. The zero-order chi connectivity index (χ0) is 17.5. The van der Waals surface area contributed by atoms with E-state index < -0.39 is 0 Å². The first-order valence-corrected chi connectivity index (χ1v) is 9.45. The second-order valence-electron chi connectivity index (χ2n) is 6.51. The second kappa shape index (κ2) is 8.94. The van der Waals surface area contributed by atoms with Gasteiger partial charge < -0.3 is 20.1 Å². The van der Waals surface area contributed by atoms with Gasteiger partial charge in [-0.1, -0.05) is 13.0 Å². The average Bonchev–Trinajstić information content (AvgIpc) is 3.27. The molecular formula is C19H30N4O2. The molecule has 2 heterocycles. The molecule has 2 aliphatic rings. The lowest BCUT2D eigenvalue weighted by Crippen LogP contribution is -2.40. The van der Waals surface area contributed by atoms with E-state index >= 15 is 0 Å². The third-order valence-electron chi connectivity index (χ3n) is 4.85. The first-order chi connectivity index (χ1) is 12.3. The molecule has 1 saturated heterocycles. The molecule has 6 nitrogen and oxygen atoms in total. The minimum atomic E-state index is 0.324. The van der Waals surface area contributed by atoms with Crippen molar-refractivity contribution in [2.45, 2.75) is 39.2 Å². The smallest absolute Gasteiger partial charge is 0.231 e. The number of hydrogen-bond acceptors (Lipinski definition) is 4. The molecule has 0 radical (unpaired) electrons. The van der Waals surface area contributed by atoms with E-state index in [1.807, 2.05) is 6.07 Å². The molecule has 138 valence electrons. The van der Waals surface area contributed by atoms with Crippen LogP contribution >= 0.6 is 0 Å². The van der Waals surface area contributed by atoms with Gasteiger partial charge in [0.1, 0.15) is 0 Å². The third kappa shape index (κ3) is 4.78. The van der Waals surface area contributed by atoms with Gasteiger partial charge in [0.25, 0.3) is 0 Å². The molecule has 1 atom stereocenters. The molecule has 1 aromatic carbocycles. The van der Waals surface area contributed by atoms with Gasteiger partial charge in [0.05, 0.1) is 6.54 Å². The lowest BCUT2D eigenvalue weighted by Gasteiger charge is -2.21. The van der Waals surface area contributed by atoms with E-state index in [0.717, 1.165) is 50.1 Å². The van der Waals surface area contributed by atoms with Crippen LogP contribution in [-0.2, 0) is 6.42 Å². The first kappa shape index (κ1) is 17.9. The minimum absolute atomic E-state index is 0.324. The first-order valence-electron chi connectivity index (χ1n) is 9.45. The fourth-order valence-electron chi connectivity index (χ4n) is 3.48. The van der Waals surface area contributed by atoms with Crippen LogP contribution in [0.3, 0.4) is 0 Å². The average molecular weight is 346 g/mol. The van der Waals surface area contributed by atoms with Gasteiger partial charge in [0.2, 0.25) is 6.79 Å². The van der Waals surface area contributed by atoms with Crippen molar-refractivity contribution < 1.29 is 9.47 Å². The Kier molecular flexibility index (Phi) is 6.39. The number of fused-ring (bicyclic) bond motifs is 1. The van der Waals surface area contributed by atoms with Crippen LogP contribution in [-0.4, -0.2) is 56.4 Å². The van der Waals surface area contributed by atoms with Gasteiger partial charge in [-0.3, -0.25) is 9.89 Å². The summed E-state index contributed by atoms with van der Waals surface area (Å²) in [5.41, 5.74) is 1.24. The largest absolute Gasteiger partial charge is 0.454 e. The van der Waals surface area contributed by atoms with E-state index in [1.54, 1.807) is 0 Å². The Labute approximate surface area is 150 Å². The van der Waals surface area contributed by atoms with Gasteiger partial charge in [-0.25, -0.2) is 0 Å². The van der Waals surface area contributed by atoms with Gasteiger partial charge in [-0.2, -0.15) is 0 Å². The van der Waals surface area contributed by atoms with Crippen LogP contribution in [0.2, 0.25) is 0 Å². The van der Waals surface area contributed by atoms with Crippen LogP contribution in [0.15, 0.2) is 23.2 Å². The second-order valence-corrected chi connectivity index (χ2v) is 6.51. The summed E-state index contributed by atoms with van der Waals surface area (Å²) in [5, 5.41) is 6.79. The fourth-order valence-corrected chi connectivity index (χ4v) is 3.48. The molecule has 3 rings (SSSR count). The van der Waals surface area contributed by atoms with Crippen molar-refractivity contribution in [3.8, 4) is 11.5 Å². The summed E-state index contributed by atoms with van der Waals surface area (Å²) >= 11 is 0. The molecule has 0 saturated carbocycles. The van der Waals surface area contributed by atoms with E-state index in [9.17, 15) is 0 Å². The highest BCUT2D eigenvalue weighted by Crippen LogP contribution is 2.32. The van der Waals surface area contributed by atoms with E-state index in [-0.39, 0.29) is 0 Å². The Morgan fingerprint density at radius 3 is 2.96 bits per heavy atom. The van der Waals surface area contributed by atoms with Crippen LogP contribution in [0.4, 0.5) is 0 Å². The van der Waals surface area contributed by atoms with Gasteiger partial charge in [-0.15, -0.1) is 0 Å². The normalized spacial score (nSPS) is 20.1. The molecule has 1 unspecified atom stereocenters. The maximum absolute atomic E-state index is 5.44. The van der Waals surface area contributed by atoms with Gasteiger partial charge >= 0.3 is 0 Å². The number of nitrogens with one attached hydrogen (secondary N) is 2. The van der Waals surface area contributed by atoms with Crippen molar-refractivity contribution >= 4 is 5.96 Å². The summed E-state index contributed by atoms with van der Waals surface area (Å²) in [6, 6.07) is 6.73. The Morgan fingerprint density at radius 1 is 1.24 bits per heavy atom. The molecule has 0 amide bonds. The zero-order valence-electron chi connectivity index (χ0n) is 15.4. The van der Waals surface area contributed by atoms with Crippen molar-refractivity contribution in [2.24, 2.45) is 4.99 Å². The van der Waals surface area contributed by atoms with Crippen LogP contribution in [0, 0.1) is 0 Å². The zero-order valence-corrected chi connectivity index (χ0v) is 15.4. The summed E-state index contributed by atoms with van der Waals surface area (Å²) in [4.78, 5) is 7.32. The predicted molar refractivity (Wildman–Crippen MR) is 101 cm³/mol. The fraction of sp³-hybridized carbons (Fsp3) is 0.632. The van der Waals surface area contributed by atoms with E-state index in [1.165, 1.54) is 24.9 Å². The standard InChI is InChI=1S/C19H30N4O2/c1-3-20-19(22-13-16-6-5-11-23(16)4-2)21-10-9-15-7-8-17-18(12-15)25-14-24-17/h7-8,12,16H,3-6,9-11,13-14H2,1-2H3,(H2,20,21,22). The van der Waals surface area contributed by atoms with E-state index in [2.05, 4.69) is 41.5 Å². The molecule has 1 aromatic rings. The molecule has 0 aliphatic carbocycles. The third-order valence-corrected chi connectivity index (χ3v) is 4.85. The Hall–Kier alpha value is -1.95. The number of nitrogens with zero attached hydrogens (tertiary/aromatic N) is 2. The van der Waals surface area contributed by atoms with Crippen LogP contribution in [0.1, 0.15) is 32.3 Å². The molecule has 6 heteroatoms. The summed E-state index contributed by atoms with van der Waals surface area (Å²) in [6.07, 6.45) is 3.47. The highest BCUT2D eigenvalue weighted by atomic mass is 16.7. The number of aliphatic imine (C=N–C) groups is 1. The molecule has 2 aliphatic heterocycles. The number of ether oxygens (including phenoxy) is 2. The number of guanidine groups is 1. The van der Waals surface area contributed by atoms with Crippen LogP contribution in [0.25, 0.3) is 0 Å². The van der Waals surface area contributed by atoms with E-state index in [4.69, 9.17) is 14.5 Å². The van der Waals surface area contributed by atoms with Crippen molar-refractivity contribution in [1.82, 2.24) is 15.5 Å². The lowest BCUT2D eigenvalue weighted by molar-refractivity contribution is 0.174. The molecule has 0 aromatic heterocycles. The Morgan fingerprint density at radius 2 is 2.12 bits per heavy atom. The SMILES string of the molecule is CCNC(=NCC1CCCN1CC)NCCc1ccc2c(c1)OCO2. The van der Waals surface area contributed by atoms with Gasteiger partial charge in [0.15, 0.2) is 17.5 Å². The Balaban J connectivity index is 1.49. The number of benzene rings is 1. The van der Waals surface area contributed by atoms with Gasteiger partial charge in [-0.05, 0) is 57.0 Å². The van der Waals surface area contributed by atoms with Crippen molar-refractivity contribution in [1.29, 1.82) is 0 Å². The maximum Gasteiger partial charge on any atom is 0.231 e. The summed E-state index contributed by atoms with van der Waals surface area (Å²) in [7, 11) is 0. The van der Waals surface area contributed by atoms with Crippen LogP contribution in [0.5, 0.6) is 11.5 Å². The molecular weight excluding hydrogens is 316 g/mol. The van der Waals surface area contributed by atoms with E-state index in [0.29, 0.717) is 12.8 Å². The monoisotopic (exact) mass is 346 g/mol. The Bertz CT molecular complexity index is 591. The van der Waals surface area contributed by atoms with Crippen molar-refractivity contribution in [2.75, 3.05) is 39.5 Å². The lowest BCUT2D eigenvalue weighted by atomic mass is 10.1. The molecule has 1 fully saturated rings. The predicted octanol–water partition coefficient (Wildman–Crippen LogP) is 2.00. The van der Waals surface area contributed by atoms with Crippen LogP contribution < -0.4 is 20.1 Å². The summed E-state index contributed by atoms with van der Waals surface area (Å²) in [5.74, 6) is 2.59. The van der Waals surface area contributed by atoms with Crippen molar-refractivity contribution in [3.63, 3.8) is 0 Å².